The van der Waals surface area contributed by atoms with E-state index >= 15 is 0 Å². The summed E-state index contributed by atoms with van der Waals surface area (Å²) in [5.74, 6) is 0.276. The Balaban J connectivity index is 2.24. The largest absolute Gasteiger partial charge is 0.450 e. The van der Waals surface area contributed by atoms with Crippen molar-refractivity contribution in [2.24, 2.45) is 0 Å². The van der Waals surface area contributed by atoms with Gasteiger partial charge >= 0.3 is 6.09 Å². The van der Waals surface area contributed by atoms with Crippen molar-refractivity contribution < 1.29 is 9.53 Å². The Bertz CT molecular complexity index is 741. The zero-order valence-corrected chi connectivity index (χ0v) is 14.4. The van der Waals surface area contributed by atoms with Crippen molar-refractivity contribution in [3.8, 4) is 0 Å². The summed E-state index contributed by atoms with van der Waals surface area (Å²) < 4.78 is 6.95. The molecule has 0 spiro atoms. The molecule has 0 saturated heterocycles. The summed E-state index contributed by atoms with van der Waals surface area (Å²) in [5.41, 5.74) is 0.596. The molecule has 1 heterocycles. The highest BCUT2D eigenvalue weighted by atomic mass is 79.9. The molecule has 0 fully saturated rings. The minimum absolute atomic E-state index is 0.255. The summed E-state index contributed by atoms with van der Waals surface area (Å²) in [6.45, 7) is 3.81. The smallest absolute Gasteiger partial charge is 0.412 e. The van der Waals surface area contributed by atoms with E-state index in [4.69, 9.17) is 16.3 Å². The van der Waals surface area contributed by atoms with Gasteiger partial charge in [0.1, 0.15) is 5.82 Å². The molecule has 8 heteroatoms. The molecule has 2 aromatic rings. The average molecular weight is 389 g/mol. The van der Waals surface area contributed by atoms with Crippen LogP contribution in [0.3, 0.4) is 0 Å². The van der Waals surface area contributed by atoms with E-state index in [1.807, 2.05) is 19.1 Å². The van der Waals surface area contributed by atoms with Crippen molar-refractivity contribution in [2.45, 2.75) is 19.9 Å². The molecule has 6 nitrogen and oxygen atoms in total. The number of carbonyl (C=O) groups excluding carboxylic acids is 1. The normalized spacial score (nSPS) is 12.0. The summed E-state index contributed by atoms with van der Waals surface area (Å²) in [4.78, 5) is 23.4. The Morgan fingerprint density at radius 1 is 1.50 bits per heavy atom. The molecular formula is C14H15BrClN3O3. The van der Waals surface area contributed by atoms with Crippen molar-refractivity contribution in [2.75, 3.05) is 11.9 Å². The van der Waals surface area contributed by atoms with Crippen molar-refractivity contribution >= 4 is 39.4 Å². The van der Waals surface area contributed by atoms with Gasteiger partial charge in [0, 0.05) is 10.5 Å². The Morgan fingerprint density at radius 2 is 2.23 bits per heavy atom. The van der Waals surface area contributed by atoms with Gasteiger partial charge in [0.05, 0.1) is 17.7 Å². The monoisotopic (exact) mass is 387 g/mol. The van der Waals surface area contributed by atoms with E-state index in [-0.39, 0.29) is 24.0 Å². The van der Waals surface area contributed by atoms with E-state index < -0.39 is 6.09 Å². The lowest BCUT2D eigenvalue weighted by Gasteiger charge is -2.14. The van der Waals surface area contributed by atoms with Gasteiger partial charge in [-0.15, -0.1) is 0 Å². The number of halogens is 2. The molecule has 1 aromatic carbocycles. The number of hydrogen-bond acceptors (Lipinski definition) is 3. The molecule has 1 amide bonds. The topological polar surface area (TPSA) is 76.1 Å². The molecule has 0 aliphatic heterocycles. The molecule has 0 aliphatic carbocycles. The molecule has 0 saturated carbocycles. The van der Waals surface area contributed by atoms with Crippen LogP contribution in [0.15, 0.2) is 33.5 Å². The number of aromatic amines is 1. The number of hydrogen-bond donors (Lipinski definition) is 2. The van der Waals surface area contributed by atoms with E-state index in [2.05, 4.69) is 26.3 Å². The van der Waals surface area contributed by atoms with Gasteiger partial charge in [-0.05, 0) is 47.5 Å². The fraction of sp³-hybridized carbons (Fsp3) is 0.286. The highest BCUT2D eigenvalue weighted by Crippen LogP contribution is 2.27. The molecular weight excluding hydrogens is 374 g/mol. The third kappa shape index (κ3) is 3.72. The highest BCUT2D eigenvalue weighted by molar-refractivity contribution is 9.10. The number of nitrogens with one attached hydrogen (secondary N) is 2. The van der Waals surface area contributed by atoms with Gasteiger partial charge in [-0.2, -0.15) is 0 Å². The summed E-state index contributed by atoms with van der Waals surface area (Å²) in [6.07, 6.45) is -0.616. The number of nitrogens with zero attached hydrogens (tertiary/aromatic N) is 1. The minimum Gasteiger partial charge on any atom is -0.450 e. The number of benzene rings is 1. The minimum atomic E-state index is -0.616. The van der Waals surface area contributed by atoms with Crippen LogP contribution in [0, 0.1) is 0 Å². The highest BCUT2D eigenvalue weighted by Gasteiger charge is 2.14. The molecule has 0 bridgehead atoms. The van der Waals surface area contributed by atoms with Gasteiger partial charge in [0.25, 0.3) is 5.56 Å². The predicted molar refractivity (Wildman–Crippen MR) is 88.7 cm³/mol. The maximum Gasteiger partial charge on any atom is 0.412 e. The van der Waals surface area contributed by atoms with E-state index in [0.717, 1.165) is 10.0 Å². The summed E-state index contributed by atoms with van der Waals surface area (Å²) in [7, 11) is 0. The first kappa shape index (κ1) is 16.6. The van der Waals surface area contributed by atoms with Gasteiger partial charge < -0.3 is 4.74 Å². The molecule has 118 valence electrons. The maximum atomic E-state index is 12.0. The van der Waals surface area contributed by atoms with E-state index in [9.17, 15) is 9.59 Å². The van der Waals surface area contributed by atoms with E-state index in [1.54, 1.807) is 13.0 Å². The number of amides is 1. The number of carbonyl (C=O) groups is 1. The quantitative estimate of drug-likeness (QED) is 0.837. The lowest BCUT2D eigenvalue weighted by atomic mass is 10.1. The number of H-pyrrole nitrogens is 1. The third-order valence-corrected chi connectivity index (χ3v) is 4.30. The van der Waals surface area contributed by atoms with Gasteiger partial charge in [-0.3, -0.25) is 15.2 Å². The van der Waals surface area contributed by atoms with Crippen LogP contribution in [0.4, 0.5) is 10.6 Å². The lowest BCUT2D eigenvalue weighted by Crippen LogP contribution is -2.21. The van der Waals surface area contributed by atoms with Crippen LogP contribution in [0.25, 0.3) is 0 Å². The van der Waals surface area contributed by atoms with Gasteiger partial charge in [0.2, 0.25) is 0 Å². The lowest BCUT2D eigenvalue weighted by molar-refractivity contribution is 0.168. The Hall–Kier alpha value is -1.73. The van der Waals surface area contributed by atoms with Crippen LogP contribution in [0.1, 0.15) is 25.5 Å². The Labute approximate surface area is 140 Å². The number of anilines is 1. The standard InChI is InChI=1S/C14H15BrClN3O3/c1-3-22-14(21)17-12-7-13(20)19(18-12)8(2)9-4-5-10(15)11(16)6-9/h4-8,18H,3H2,1-2H3,(H,17,21). The number of rotatable bonds is 4. The van der Waals surface area contributed by atoms with Crippen molar-refractivity contribution in [1.29, 1.82) is 0 Å². The number of aromatic nitrogens is 2. The molecule has 1 unspecified atom stereocenters. The first-order chi connectivity index (χ1) is 10.4. The van der Waals surface area contributed by atoms with Crippen LogP contribution in [0.5, 0.6) is 0 Å². The van der Waals surface area contributed by atoms with Gasteiger partial charge in [-0.1, -0.05) is 17.7 Å². The summed E-state index contributed by atoms with van der Waals surface area (Å²) >= 11 is 9.40. The zero-order chi connectivity index (χ0) is 16.3. The van der Waals surface area contributed by atoms with Crippen LogP contribution >= 0.6 is 27.5 Å². The van der Waals surface area contributed by atoms with Crippen molar-refractivity contribution in [3.05, 3.63) is 49.7 Å². The first-order valence-electron chi connectivity index (χ1n) is 6.62. The van der Waals surface area contributed by atoms with Gasteiger partial charge in [-0.25, -0.2) is 9.48 Å². The fourth-order valence-electron chi connectivity index (χ4n) is 1.96. The van der Waals surface area contributed by atoms with Crippen molar-refractivity contribution in [3.63, 3.8) is 0 Å². The molecule has 0 radical (unpaired) electrons. The van der Waals surface area contributed by atoms with Crippen LogP contribution in [0.2, 0.25) is 5.02 Å². The molecule has 1 atom stereocenters. The van der Waals surface area contributed by atoms with Crippen LogP contribution < -0.4 is 10.9 Å². The van der Waals surface area contributed by atoms with E-state index in [0.29, 0.717) is 5.02 Å². The average Bonchev–Trinajstić information content (AvgIpc) is 2.82. The maximum absolute atomic E-state index is 12.0. The second kappa shape index (κ2) is 7.02. The number of ether oxygens (including phenoxy) is 1. The predicted octanol–water partition coefficient (Wildman–Crippen LogP) is 3.77. The van der Waals surface area contributed by atoms with Crippen LogP contribution in [-0.2, 0) is 4.74 Å². The molecule has 0 aliphatic rings. The second-order valence-electron chi connectivity index (χ2n) is 4.57. The van der Waals surface area contributed by atoms with Crippen LogP contribution in [-0.4, -0.2) is 22.5 Å². The Morgan fingerprint density at radius 3 is 2.86 bits per heavy atom. The van der Waals surface area contributed by atoms with E-state index in [1.165, 1.54) is 10.7 Å². The molecule has 22 heavy (non-hydrogen) atoms. The second-order valence-corrected chi connectivity index (χ2v) is 5.83. The fourth-order valence-corrected chi connectivity index (χ4v) is 2.40. The molecule has 1 aromatic heterocycles. The zero-order valence-electron chi connectivity index (χ0n) is 12.0. The third-order valence-electron chi connectivity index (χ3n) is 3.07. The van der Waals surface area contributed by atoms with Gasteiger partial charge in [0.15, 0.2) is 0 Å². The van der Waals surface area contributed by atoms with Crippen molar-refractivity contribution in [1.82, 2.24) is 9.78 Å². The summed E-state index contributed by atoms with van der Waals surface area (Å²) in [6, 6.07) is 6.50. The SMILES string of the molecule is CCOC(=O)Nc1cc(=O)n(C(C)c2ccc(Br)c(Cl)c2)[nH]1. The summed E-state index contributed by atoms with van der Waals surface area (Å²) in [5, 5.41) is 5.86. The molecule has 2 N–H and O–H groups in total. The Kier molecular flexibility index (Phi) is 5.31. The molecule has 2 rings (SSSR count). The first-order valence-corrected chi connectivity index (χ1v) is 7.79.